The van der Waals surface area contributed by atoms with Crippen molar-refractivity contribution in [2.45, 2.75) is 26.8 Å². The van der Waals surface area contributed by atoms with Gasteiger partial charge in [-0.15, -0.1) is 0 Å². The fourth-order valence-corrected chi connectivity index (χ4v) is 8.89. The normalized spacial score (nSPS) is 12.9. The molecule has 0 unspecified atom stereocenters. The smallest absolute Gasteiger partial charge is 0.230 e. The zero-order chi connectivity index (χ0) is 24.7. The summed E-state index contributed by atoms with van der Waals surface area (Å²) in [5.74, 6) is 0. The van der Waals surface area contributed by atoms with Crippen molar-refractivity contribution in [2.75, 3.05) is 18.0 Å². The minimum absolute atomic E-state index is 0.0644. The minimum Gasteiger partial charge on any atom is -0.398 e. The number of hydrogen-bond donors (Lipinski definition) is 4. The van der Waals surface area contributed by atoms with Crippen molar-refractivity contribution in [1.82, 2.24) is 0 Å². The lowest BCUT2D eigenvalue weighted by molar-refractivity contribution is 0.522. The lowest BCUT2D eigenvalue weighted by atomic mass is 10.1. The first kappa shape index (κ1) is 24.0. The van der Waals surface area contributed by atoms with Gasteiger partial charge in [-0.05, 0) is 43.7 Å². The fraction of sp³-hybridized carbons (Fsp3) is 0.167. The fourth-order valence-electron chi connectivity index (χ4n) is 4.19. The van der Waals surface area contributed by atoms with Gasteiger partial charge in [0.2, 0.25) is 23.9 Å². The van der Waals surface area contributed by atoms with Gasteiger partial charge in [0.1, 0.15) is 0 Å². The highest BCUT2D eigenvalue weighted by atomic mass is 32.3. The van der Waals surface area contributed by atoms with Crippen molar-refractivity contribution < 1.29 is 16.8 Å². The number of nitrogen functional groups attached to an aromatic ring is 2. The van der Waals surface area contributed by atoms with E-state index in [0.29, 0.717) is 32.9 Å². The third-order valence-corrected chi connectivity index (χ3v) is 11.5. The maximum absolute atomic E-state index is 14.1. The van der Waals surface area contributed by atoms with Crippen molar-refractivity contribution in [3.05, 3.63) is 72.8 Å². The van der Waals surface area contributed by atoms with Crippen LogP contribution < -0.4 is 22.9 Å². The van der Waals surface area contributed by atoms with Crippen LogP contribution in [0, 0.1) is 0 Å². The molecule has 8 N–H and O–H groups in total. The minimum atomic E-state index is -4.65. The third-order valence-electron chi connectivity index (χ3n) is 6.05. The number of hydrogen-bond acceptors (Lipinski definition) is 8. The van der Waals surface area contributed by atoms with Crippen LogP contribution in [0.1, 0.15) is 12.8 Å². The molecular formula is C24H26N4O4S2. The van der Waals surface area contributed by atoms with Crippen molar-refractivity contribution in [3.63, 3.8) is 0 Å². The van der Waals surface area contributed by atoms with Crippen molar-refractivity contribution >= 4 is 52.6 Å². The maximum Gasteiger partial charge on any atom is 0.230 e. The summed E-state index contributed by atoms with van der Waals surface area (Å²) in [4.78, 5) is -0.416. The zero-order valence-electron chi connectivity index (χ0n) is 18.3. The molecule has 10 heteroatoms. The van der Waals surface area contributed by atoms with E-state index < -0.39 is 30.3 Å². The van der Waals surface area contributed by atoms with Crippen LogP contribution in [0.3, 0.4) is 0 Å². The lowest BCUT2D eigenvalue weighted by Crippen LogP contribution is -2.54. The highest BCUT2D eigenvalue weighted by Gasteiger charge is 2.53. The molecule has 0 saturated heterocycles. The molecule has 4 rings (SSSR count). The molecule has 0 saturated carbocycles. The Morgan fingerprint density at radius 3 is 1.38 bits per heavy atom. The van der Waals surface area contributed by atoms with E-state index in [9.17, 15) is 16.8 Å². The number of benzene rings is 4. The molecule has 0 amide bonds. The van der Waals surface area contributed by atoms with Gasteiger partial charge >= 0.3 is 0 Å². The molecule has 8 nitrogen and oxygen atoms in total. The molecule has 0 aliphatic carbocycles. The Bertz CT molecular complexity index is 1500. The molecule has 0 aliphatic heterocycles. The van der Waals surface area contributed by atoms with Gasteiger partial charge in [-0.3, -0.25) is 5.73 Å². The SMILES string of the molecule is NCCCC(N)(S(=O)(=O)c1ccc(N)c2ccccc12)S(=O)(=O)c1ccc(N)c2ccccc12. The van der Waals surface area contributed by atoms with Gasteiger partial charge in [-0.25, -0.2) is 16.8 Å². The predicted molar refractivity (Wildman–Crippen MR) is 136 cm³/mol. The Hall–Kier alpha value is -3.18. The Morgan fingerprint density at radius 2 is 1.00 bits per heavy atom. The van der Waals surface area contributed by atoms with E-state index in [4.69, 9.17) is 22.9 Å². The number of anilines is 2. The number of rotatable bonds is 7. The van der Waals surface area contributed by atoms with Gasteiger partial charge in [-0.1, -0.05) is 48.5 Å². The van der Waals surface area contributed by atoms with Crippen LogP contribution in [0.2, 0.25) is 0 Å². The van der Waals surface area contributed by atoms with Gasteiger partial charge in [-0.2, -0.15) is 0 Å². The lowest BCUT2D eigenvalue weighted by Gasteiger charge is -2.30. The average Bonchev–Trinajstić information content (AvgIpc) is 2.82. The van der Waals surface area contributed by atoms with Gasteiger partial charge in [0.25, 0.3) is 0 Å². The topological polar surface area (TPSA) is 172 Å². The molecular weight excluding hydrogens is 472 g/mol. The number of fused-ring (bicyclic) bond motifs is 2. The number of sulfone groups is 2. The highest BCUT2D eigenvalue weighted by molar-refractivity contribution is 8.10. The van der Waals surface area contributed by atoms with E-state index in [1.165, 1.54) is 24.3 Å². The van der Waals surface area contributed by atoms with Crippen LogP contribution in [-0.2, 0) is 19.7 Å². The molecule has 0 spiro atoms. The second kappa shape index (κ2) is 8.55. The van der Waals surface area contributed by atoms with Crippen molar-refractivity contribution in [3.8, 4) is 0 Å². The summed E-state index contributed by atoms with van der Waals surface area (Å²) in [5.41, 5.74) is 24.9. The Labute approximate surface area is 198 Å². The molecule has 4 aromatic rings. The third kappa shape index (κ3) is 3.50. The van der Waals surface area contributed by atoms with Crippen LogP contribution in [0.5, 0.6) is 0 Å². The quantitative estimate of drug-likeness (QED) is 0.281. The second-order valence-electron chi connectivity index (χ2n) is 8.11. The Morgan fingerprint density at radius 1 is 0.618 bits per heavy atom. The molecule has 178 valence electrons. The van der Waals surface area contributed by atoms with E-state index in [-0.39, 0.29) is 22.8 Å². The van der Waals surface area contributed by atoms with Crippen LogP contribution >= 0.6 is 0 Å². The summed E-state index contributed by atoms with van der Waals surface area (Å²) in [6, 6.07) is 18.7. The molecule has 0 aromatic heterocycles. The Kier molecular flexibility index (Phi) is 6.03. The van der Waals surface area contributed by atoms with Gasteiger partial charge in [0.05, 0.1) is 9.79 Å². The number of nitrogens with two attached hydrogens (primary N) is 4. The summed E-state index contributed by atoms with van der Waals surface area (Å²) in [5, 5.41) is 1.56. The molecule has 4 aromatic carbocycles. The highest BCUT2D eigenvalue weighted by Crippen LogP contribution is 2.41. The average molecular weight is 499 g/mol. The van der Waals surface area contributed by atoms with E-state index in [1.807, 2.05) is 0 Å². The first-order valence-corrected chi connectivity index (χ1v) is 13.6. The van der Waals surface area contributed by atoms with Crippen LogP contribution in [0.4, 0.5) is 11.4 Å². The summed E-state index contributed by atoms with van der Waals surface area (Å²) in [6.45, 7) is 0.0644. The van der Waals surface area contributed by atoms with Crippen LogP contribution in [0.25, 0.3) is 21.5 Å². The monoisotopic (exact) mass is 498 g/mol. The molecule has 0 radical (unpaired) electrons. The van der Waals surface area contributed by atoms with E-state index >= 15 is 0 Å². The maximum atomic E-state index is 14.1. The molecule has 0 fully saturated rings. The molecule has 0 heterocycles. The summed E-state index contributed by atoms with van der Waals surface area (Å²) >= 11 is 0. The van der Waals surface area contributed by atoms with Gasteiger partial charge in [0.15, 0.2) is 0 Å². The Balaban J connectivity index is 2.04. The molecule has 0 aliphatic rings. The van der Waals surface area contributed by atoms with E-state index in [0.717, 1.165) is 0 Å². The van der Waals surface area contributed by atoms with Crippen LogP contribution in [0.15, 0.2) is 82.6 Å². The first-order chi connectivity index (χ1) is 16.1. The van der Waals surface area contributed by atoms with Crippen molar-refractivity contribution in [1.29, 1.82) is 0 Å². The standard InChI is InChI=1S/C24H26N4O4S2/c25-15-5-14-24(28,33(29,30)22-12-10-20(26)16-6-1-3-8-18(16)22)34(31,32)23-13-11-21(27)17-7-2-4-9-19(17)23/h1-4,6-13H,5,14-15,25-28H2. The van der Waals surface area contributed by atoms with Gasteiger partial charge in [0, 0.05) is 32.9 Å². The van der Waals surface area contributed by atoms with E-state index in [2.05, 4.69) is 0 Å². The zero-order valence-corrected chi connectivity index (χ0v) is 19.9. The summed E-state index contributed by atoms with van der Waals surface area (Å²) < 4.78 is 53.7. The van der Waals surface area contributed by atoms with Gasteiger partial charge < -0.3 is 17.2 Å². The van der Waals surface area contributed by atoms with E-state index in [1.54, 1.807) is 48.5 Å². The first-order valence-electron chi connectivity index (χ1n) is 10.6. The molecule has 34 heavy (non-hydrogen) atoms. The largest absolute Gasteiger partial charge is 0.398 e. The second-order valence-corrected chi connectivity index (χ2v) is 12.7. The predicted octanol–water partition coefficient (Wildman–Crippen LogP) is 2.76. The van der Waals surface area contributed by atoms with Crippen LogP contribution in [-0.4, -0.2) is 27.6 Å². The van der Waals surface area contributed by atoms with Crippen molar-refractivity contribution in [2.24, 2.45) is 11.5 Å². The summed E-state index contributed by atoms with van der Waals surface area (Å²) in [6.07, 6.45) is -0.319. The molecule has 0 bridgehead atoms. The molecule has 0 atom stereocenters. The summed E-state index contributed by atoms with van der Waals surface area (Å²) in [7, 11) is -9.31.